The average molecular weight is 251 g/mol. The van der Waals surface area contributed by atoms with E-state index in [0.717, 1.165) is 5.56 Å². The van der Waals surface area contributed by atoms with Crippen LogP contribution >= 0.6 is 0 Å². The third kappa shape index (κ3) is 3.01. The molecule has 0 radical (unpaired) electrons. The van der Waals surface area contributed by atoms with Gasteiger partial charge in [-0.1, -0.05) is 12.1 Å². The van der Waals surface area contributed by atoms with Gasteiger partial charge < -0.3 is 14.7 Å². The first-order chi connectivity index (χ1) is 8.29. The van der Waals surface area contributed by atoms with Crippen LogP contribution < -0.4 is 0 Å². The van der Waals surface area contributed by atoms with Crippen LogP contribution in [-0.2, 0) is 9.53 Å². The van der Waals surface area contributed by atoms with E-state index in [0.29, 0.717) is 0 Å². The van der Waals surface area contributed by atoms with E-state index in [9.17, 15) is 9.90 Å². The molecule has 1 unspecified atom stereocenters. The van der Waals surface area contributed by atoms with E-state index in [4.69, 9.17) is 4.74 Å². The smallest absolute Gasteiger partial charge is 0.254 e. The first-order valence-electron chi connectivity index (χ1n) is 5.91. The summed E-state index contributed by atoms with van der Waals surface area (Å²) in [4.78, 5) is 13.9. The Morgan fingerprint density at radius 2 is 1.83 bits per heavy atom. The summed E-state index contributed by atoms with van der Waals surface area (Å²) >= 11 is 0. The normalized spacial score (nSPS) is 13.2. The predicted molar refractivity (Wildman–Crippen MR) is 70.4 cm³/mol. The molecule has 18 heavy (non-hydrogen) atoms. The van der Waals surface area contributed by atoms with E-state index >= 15 is 0 Å². The molecule has 0 aliphatic carbocycles. The van der Waals surface area contributed by atoms with Gasteiger partial charge in [-0.2, -0.15) is 0 Å². The molecule has 1 atom stereocenters. The standard InChI is InChI=1S/C14H21NO3/c1-10(11-6-8-12(16)9-7-11)15(4)13(17)14(2,3)18-5/h6-10,16H,1-5H3. The number of ether oxygens (including phenoxy) is 1. The molecule has 4 nitrogen and oxygen atoms in total. The molecule has 0 spiro atoms. The van der Waals surface area contributed by atoms with Crippen LogP contribution in [-0.4, -0.2) is 35.7 Å². The lowest BCUT2D eigenvalue weighted by Gasteiger charge is -2.32. The topological polar surface area (TPSA) is 49.8 Å². The lowest BCUT2D eigenvalue weighted by atomic mass is 10.0. The highest BCUT2D eigenvalue weighted by atomic mass is 16.5. The van der Waals surface area contributed by atoms with Crippen LogP contribution in [0.4, 0.5) is 0 Å². The van der Waals surface area contributed by atoms with Crippen molar-refractivity contribution in [3.05, 3.63) is 29.8 Å². The number of hydrogen-bond acceptors (Lipinski definition) is 3. The highest BCUT2D eigenvalue weighted by molar-refractivity contribution is 5.84. The van der Waals surface area contributed by atoms with Gasteiger partial charge in [0, 0.05) is 14.2 Å². The lowest BCUT2D eigenvalue weighted by molar-refractivity contribution is -0.151. The molecule has 0 saturated carbocycles. The Morgan fingerprint density at radius 3 is 2.28 bits per heavy atom. The predicted octanol–water partition coefficient (Wildman–Crippen LogP) is 2.34. The number of carbonyl (C=O) groups is 1. The summed E-state index contributed by atoms with van der Waals surface area (Å²) in [5, 5.41) is 9.25. The molecule has 1 aromatic carbocycles. The molecule has 0 bridgehead atoms. The number of methoxy groups -OCH3 is 1. The van der Waals surface area contributed by atoms with Gasteiger partial charge in [0.25, 0.3) is 5.91 Å². The number of phenolic OH excluding ortho intramolecular Hbond substituents is 1. The zero-order chi connectivity index (χ0) is 13.9. The summed E-state index contributed by atoms with van der Waals surface area (Å²) in [6, 6.07) is 6.78. The SMILES string of the molecule is COC(C)(C)C(=O)N(C)C(C)c1ccc(O)cc1. The fraction of sp³-hybridized carbons (Fsp3) is 0.500. The van der Waals surface area contributed by atoms with Crippen molar-refractivity contribution in [1.82, 2.24) is 4.90 Å². The number of phenols is 1. The van der Waals surface area contributed by atoms with Crippen LogP contribution in [0.5, 0.6) is 5.75 Å². The number of rotatable bonds is 4. The van der Waals surface area contributed by atoms with Crippen molar-refractivity contribution >= 4 is 5.91 Å². The number of carbonyl (C=O) groups excluding carboxylic acids is 1. The summed E-state index contributed by atoms with van der Waals surface area (Å²) in [5.41, 5.74) is 0.135. The van der Waals surface area contributed by atoms with E-state index in [-0.39, 0.29) is 17.7 Å². The summed E-state index contributed by atoms with van der Waals surface area (Å²) in [6.45, 7) is 5.43. The van der Waals surface area contributed by atoms with Gasteiger partial charge in [0.1, 0.15) is 11.4 Å². The maximum Gasteiger partial charge on any atom is 0.254 e. The maximum atomic E-state index is 12.2. The van der Waals surface area contributed by atoms with Gasteiger partial charge in [-0.15, -0.1) is 0 Å². The fourth-order valence-electron chi connectivity index (χ4n) is 1.66. The third-order valence-electron chi connectivity index (χ3n) is 3.30. The second kappa shape index (κ2) is 5.40. The Kier molecular flexibility index (Phi) is 4.35. The quantitative estimate of drug-likeness (QED) is 0.893. The Balaban J connectivity index is 2.87. The number of benzene rings is 1. The minimum atomic E-state index is -0.833. The summed E-state index contributed by atoms with van der Waals surface area (Å²) in [6.07, 6.45) is 0. The van der Waals surface area contributed by atoms with Crippen molar-refractivity contribution in [2.45, 2.75) is 32.4 Å². The summed E-state index contributed by atoms with van der Waals surface area (Å²) < 4.78 is 5.19. The Labute approximate surface area is 108 Å². The highest BCUT2D eigenvalue weighted by Crippen LogP contribution is 2.24. The molecule has 0 aliphatic rings. The van der Waals surface area contributed by atoms with Crippen molar-refractivity contribution in [2.24, 2.45) is 0 Å². The van der Waals surface area contributed by atoms with Crippen molar-refractivity contribution in [3.63, 3.8) is 0 Å². The molecular formula is C14H21NO3. The first-order valence-corrected chi connectivity index (χ1v) is 5.91. The van der Waals surface area contributed by atoms with Gasteiger partial charge in [0.15, 0.2) is 0 Å². The van der Waals surface area contributed by atoms with Crippen LogP contribution in [0.25, 0.3) is 0 Å². The highest BCUT2D eigenvalue weighted by Gasteiger charge is 2.32. The number of amides is 1. The molecular weight excluding hydrogens is 230 g/mol. The molecule has 1 N–H and O–H groups in total. The second-order valence-electron chi connectivity index (χ2n) is 4.90. The second-order valence-corrected chi connectivity index (χ2v) is 4.90. The Bertz CT molecular complexity index is 412. The van der Waals surface area contributed by atoms with E-state index < -0.39 is 5.60 Å². The van der Waals surface area contributed by atoms with Crippen LogP contribution in [0.15, 0.2) is 24.3 Å². The zero-order valence-electron chi connectivity index (χ0n) is 11.6. The van der Waals surface area contributed by atoms with Crippen molar-refractivity contribution in [3.8, 4) is 5.75 Å². The number of nitrogens with zero attached hydrogens (tertiary/aromatic N) is 1. The molecule has 0 fully saturated rings. The van der Waals surface area contributed by atoms with E-state index in [1.54, 1.807) is 37.9 Å². The van der Waals surface area contributed by atoms with Crippen molar-refractivity contribution < 1.29 is 14.6 Å². The molecule has 100 valence electrons. The molecule has 1 rings (SSSR count). The Hall–Kier alpha value is -1.55. The largest absolute Gasteiger partial charge is 0.508 e. The van der Waals surface area contributed by atoms with E-state index in [1.165, 1.54) is 7.11 Å². The maximum absolute atomic E-state index is 12.2. The van der Waals surface area contributed by atoms with Gasteiger partial charge in [0.05, 0.1) is 6.04 Å². The zero-order valence-corrected chi connectivity index (χ0v) is 11.6. The molecule has 0 heterocycles. The third-order valence-corrected chi connectivity index (χ3v) is 3.30. The van der Waals surface area contributed by atoms with Crippen molar-refractivity contribution in [1.29, 1.82) is 0 Å². The Morgan fingerprint density at radius 1 is 1.33 bits per heavy atom. The summed E-state index contributed by atoms with van der Waals surface area (Å²) in [5.74, 6) is 0.141. The molecule has 1 aromatic rings. The minimum Gasteiger partial charge on any atom is -0.508 e. The van der Waals surface area contributed by atoms with Crippen LogP contribution in [0.1, 0.15) is 32.4 Å². The summed E-state index contributed by atoms with van der Waals surface area (Å²) in [7, 11) is 3.28. The molecule has 0 aromatic heterocycles. The van der Waals surface area contributed by atoms with E-state index in [1.807, 2.05) is 19.1 Å². The van der Waals surface area contributed by atoms with Crippen molar-refractivity contribution in [2.75, 3.05) is 14.2 Å². The number of hydrogen-bond donors (Lipinski definition) is 1. The monoisotopic (exact) mass is 251 g/mol. The van der Waals surface area contributed by atoms with Gasteiger partial charge in [-0.3, -0.25) is 4.79 Å². The average Bonchev–Trinajstić information content (AvgIpc) is 2.37. The fourth-order valence-corrected chi connectivity index (χ4v) is 1.66. The van der Waals surface area contributed by atoms with Gasteiger partial charge in [-0.25, -0.2) is 0 Å². The lowest BCUT2D eigenvalue weighted by Crippen LogP contribution is -2.45. The number of likely N-dealkylation sites (N-methyl/N-ethyl adjacent to an activating group) is 1. The van der Waals surface area contributed by atoms with Crippen LogP contribution in [0.2, 0.25) is 0 Å². The molecule has 1 amide bonds. The minimum absolute atomic E-state index is 0.0764. The van der Waals surface area contributed by atoms with Gasteiger partial charge >= 0.3 is 0 Å². The van der Waals surface area contributed by atoms with Crippen LogP contribution in [0.3, 0.4) is 0 Å². The molecule has 0 aliphatic heterocycles. The molecule has 4 heteroatoms. The van der Waals surface area contributed by atoms with Gasteiger partial charge in [-0.05, 0) is 38.5 Å². The van der Waals surface area contributed by atoms with E-state index in [2.05, 4.69) is 0 Å². The first kappa shape index (κ1) is 14.5. The number of aromatic hydroxyl groups is 1. The van der Waals surface area contributed by atoms with Crippen LogP contribution in [0, 0.1) is 0 Å². The van der Waals surface area contributed by atoms with Gasteiger partial charge in [0.2, 0.25) is 0 Å². The molecule has 0 saturated heterocycles.